The van der Waals surface area contributed by atoms with E-state index in [1.54, 1.807) is 18.1 Å². The van der Waals surface area contributed by atoms with Crippen LogP contribution in [0, 0.1) is 17.8 Å². The van der Waals surface area contributed by atoms with Crippen molar-refractivity contribution in [3.05, 3.63) is 94.6 Å². The minimum atomic E-state index is -0.338. The average molecular weight is 621 g/mol. The molecule has 1 aliphatic carbocycles. The molecule has 0 radical (unpaired) electrons. The zero-order chi connectivity index (χ0) is 31.8. The van der Waals surface area contributed by atoms with E-state index in [0.717, 1.165) is 67.2 Å². The number of allylic oxidation sites excluding steroid dienone is 1. The Morgan fingerprint density at radius 3 is 2.46 bits per heavy atom. The van der Waals surface area contributed by atoms with Gasteiger partial charge >= 0.3 is 0 Å². The molecule has 0 aromatic heterocycles. The summed E-state index contributed by atoms with van der Waals surface area (Å²) >= 11 is 0. The van der Waals surface area contributed by atoms with E-state index in [2.05, 4.69) is 42.2 Å². The predicted octanol–water partition coefficient (Wildman–Crippen LogP) is 6.36. The summed E-state index contributed by atoms with van der Waals surface area (Å²) in [6.45, 7) is 5.73. The Labute approximate surface area is 271 Å². The fourth-order valence-corrected chi connectivity index (χ4v) is 8.47. The highest BCUT2D eigenvalue weighted by Gasteiger charge is 2.58. The highest BCUT2D eigenvalue weighted by molar-refractivity contribution is 6.06. The first-order valence-corrected chi connectivity index (χ1v) is 16.8. The lowest BCUT2D eigenvalue weighted by molar-refractivity contribution is -0.144. The van der Waals surface area contributed by atoms with Crippen molar-refractivity contribution in [2.75, 3.05) is 33.4 Å². The van der Waals surface area contributed by atoms with Crippen LogP contribution in [-0.4, -0.2) is 72.3 Å². The lowest BCUT2D eigenvalue weighted by atomic mass is 9.69. The lowest BCUT2D eigenvalue weighted by Crippen LogP contribution is -2.47. The Morgan fingerprint density at radius 2 is 1.70 bits per heavy atom. The maximum Gasteiger partial charge on any atom is 0.234 e. The first kappa shape index (κ1) is 30.9. The molecule has 3 aromatic carbocycles. The minimum absolute atomic E-state index is 0.00696. The van der Waals surface area contributed by atoms with Gasteiger partial charge in [0.05, 0.1) is 31.2 Å². The summed E-state index contributed by atoms with van der Waals surface area (Å²) in [6, 6.07) is 22.1. The van der Waals surface area contributed by atoms with E-state index in [9.17, 15) is 14.7 Å². The van der Waals surface area contributed by atoms with Crippen LogP contribution < -0.4 is 0 Å². The van der Waals surface area contributed by atoms with Gasteiger partial charge in [0.15, 0.2) is 0 Å². The topological polar surface area (TPSA) is 79.3 Å². The molecular formula is C39H44N2O5. The number of hydrogen-bond donors (Lipinski definition) is 1. The summed E-state index contributed by atoms with van der Waals surface area (Å²) in [7, 11) is 1.70. The average Bonchev–Trinajstić information content (AvgIpc) is 3.61. The Morgan fingerprint density at radius 1 is 0.957 bits per heavy atom. The molecule has 0 saturated carbocycles. The third-order valence-corrected chi connectivity index (χ3v) is 10.7. The van der Waals surface area contributed by atoms with Gasteiger partial charge in [-0.3, -0.25) is 19.4 Å². The number of phenolic OH excluding ortho intramolecular Hbond substituents is 1. The van der Waals surface area contributed by atoms with Crippen molar-refractivity contribution in [3.63, 3.8) is 0 Å². The number of piperidine rings is 1. The zero-order valence-electron chi connectivity index (χ0n) is 26.9. The van der Waals surface area contributed by atoms with E-state index in [1.165, 1.54) is 16.7 Å². The molecule has 4 atom stereocenters. The SMILES string of the molecule is COCC1=C2[C@@H](CC/C(C)=C/c3ccc(O)c4ccccc34)OC[C@@H]2[C@@H]2C(=O)N(C3CCN(Cc4ccccc4)CC3)C(=O)[C@@H]2C1. The Balaban J connectivity index is 1.04. The van der Waals surface area contributed by atoms with E-state index in [-0.39, 0.29) is 47.5 Å². The summed E-state index contributed by atoms with van der Waals surface area (Å²) in [5, 5.41) is 12.2. The number of ether oxygens (including phenoxy) is 2. The van der Waals surface area contributed by atoms with Crippen LogP contribution in [0.3, 0.4) is 0 Å². The molecular weight excluding hydrogens is 576 g/mol. The van der Waals surface area contributed by atoms with Gasteiger partial charge in [-0.15, -0.1) is 0 Å². The quantitative estimate of drug-likeness (QED) is 0.222. The van der Waals surface area contributed by atoms with E-state index in [1.807, 2.05) is 36.4 Å². The summed E-state index contributed by atoms with van der Waals surface area (Å²) < 4.78 is 12.1. The van der Waals surface area contributed by atoms with Gasteiger partial charge in [0, 0.05) is 44.1 Å². The number of rotatable bonds is 9. The van der Waals surface area contributed by atoms with Gasteiger partial charge in [-0.2, -0.15) is 0 Å². The molecule has 3 aliphatic heterocycles. The van der Waals surface area contributed by atoms with Crippen molar-refractivity contribution >= 4 is 28.7 Å². The van der Waals surface area contributed by atoms with Crippen LogP contribution in [0.4, 0.5) is 0 Å². The summed E-state index contributed by atoms with van der Waals surface area (Å²) in [5.41, 5.74) is 5.94. The third-order valence-electron chi connectivity index (χ3n) is 10.7. The number of likely N-dealkylation sites (tertiary alicyclic amines) is 2. The molecule has 2 amide bonds. The number of amides is 2. The van der Waals surface area contributed by atoms with Crippen LogP contribution in [-0.2, 0) is 25.6 Å². The van der Waals surface area contributed by atoms with Gasteiger partial charge in [0.1, 0.15) is 5.75 Å². The molecule has 1 N–H and O–H groups in total. The number of carbonyl (C=O) groups excluding carboxylic acids is 2. The van der Waals surface area contributed by atoms with Gasteiger partial charge in [0.2, 0.25) is 11.8 Å². The molecule has 7 rings (SSSR count). The molecule has 240 valence electrons. The molecule has 0 unspecified atom stereocenters. The highest BCUT2D eigenvalue weighted by atomic mass is 16.5. The van der Waals surface area contributed by atoms with E-state index in [4.69, 9.17) is 9.47 Å². The third kappa shape index (κ3) is 5.81. The first-order chi connectivity index (χ1) is 22.4. The molecule has 7 heteroatoms. The van der Waals surface area contributed by atoms with Crippen LogP contribution in [0.5, 0.6) is 5.75 Å². The van der Waals surface area contributed by atoms with Crippen molar-refractivity contribution in [2.45, 2.75) is 57.7 Å². The normalized spacial score (nSPS) is 25.9. The van der Waals surface area contributed by atoms with Gasteiger partial charge in [0.25, 0.3) is 0 Å². The molecule has 3 heterocycles. The number of imide groups is 1. The minimum Gasteiger partial charge on any atom is -0.507 e. The maximum absolute atomic E-state index is 14.1. The van der Waals surface area contributed by atoms with Crippen molar-refractivity contribution in [1.82, 2.24) is 9.80 Å². The molecule has 3 fully saturated rings. The van der Waals surface area contributed by atoms with Crippen LogP contribution in [0.25, 0.3) is 16.8 Å². The first-order valence-electron chi connectivity index (χ1n) is 16.8. The van der Waals surface area contributed by atoms with Gasteiger partial charge in [-0.25, -0.2) is 0 Å². The smallest absolute Gasteiger partial charge is 0.234 e. The molecule has 4 aliphatic rings. The van der Waals surface area contributed by atoms with Crippen LogP contribution in [0.1, 0.15) is 50.2 Å². The molecule has 0 spiro atoms. The molecule has 0 bridgehead atoms. The number of benzene rings is 3. The second-order valence-electron chi connectivity index (χ2n) is 13.5. The van der Waals surface area contributed by atoms with Crippen molar-refractivity contribution in [1.29, 1.82) is 0 Å². The summed E-state index contributed by atoms with van der Waals surface area (Å²) in [4.78, 5) is 32.1. The Bertz CT molecular complexity index is 1670. The second-order valence-corrected chi connectivity index (χ2v) is 13.5. The standard InChI is InChI=1S/C39H44N2O5/c1-25(20-27-13-14-34(42)31-11-7-6-10-30(27)31)12-15-35-36-28(23-45-2)21-32-37(33(36)24-46-35)39(44)41(38(32)43)29-16-18-40(19-17-29)22-26-8-4-3-5-9-26/h3-11,13-14,20,29,32-33,35,37,42H,12,15-19,21-24H2,1-2H3/b25-20+/t32-,33+,35-,37-/m1/s1. The molecule has 3 saturated heterocycles. The summed E-state index contributed by atoms with van der Waals surface area (Å²) in [6.07, 6.45) is 5.96. The Hall–Kier alpha value is -3.78. The number of nitrogens with zero attached hydrogens (tertiary/aromatic N) is 2. The van der Waals surface area contributed by atoms with Crippen molar-refractivity contribution < 1.29 is 24.2 Å². The van der Waals surface area contributed by atoms with Crippen molar-refractivity contribution in [3.8, 4) is 5.75 Å². The largest absolute Gasteiger partial charge is 0.507 e. The number of carbonyl (C=O) groups is 2. The molecule has 3 aromatic rings. The van der Waals surface area contributed by atoms with Gasteiger partial charge in [-0.05, 0) is 72.8 Å². The van der Waals surface area contributed by atoms with Gasteiger partial charge < -0.3 is 14.6 Å². The monoisotopic (exact) mass is 620 g/mol. The number of hydrogen-bond acceptors (Lipinski definition) is 6. The zero-order valence-corrected chi connectivity index (χ0v) is 26.9. The highest BCUT2D eigenvalue weighted by Crippen LogP contribution is 2.50. The van der Waals surface area contributed by atoms with E-state index >= 15 is 0 Å². The van der Waals surface area contributed by atoms with Crippen LogP contribution in [0.15, 0.2) is 83.4 Å². The fraction of sp³-hybridized carbons (Fsp3) is 0.436. The van der Waals surface area contributed by atoms with Crippen molar-refractivity contribution in [2.24, 2.45) is 17.8 Å². The van der Waals surface area contributed by atoms with Gasteiger partial charge in [-0.1, -0.05) is 72.3 Å². The van der Waals surface area contributed by atoms with E-state index in [0.29, 0.717) is 19.6 Å². The number of phenols is 1. The maximum atomic E-state index is 14.1. The second kappa shape index (κ2) is 13.1. The number of fused-ring (bicyclic) bond motifs is 4. The number of methoxy groups -OCH3 is 1. The lowest BCUT2D eigenvalue weighted by Gasteiger charge is -2.36. The molecule has 7 nitrogen and oxygen atoms in total. The fourth-order valence-electron chi connectivity index (χ4n) is 8.47. The Kier molecular flexibility index (Phi) is 8.82. The van der Waals surface area contributed by atoms with Crippen LogP contribution in [0.2, 0.25) is 0 Å². The molecule has 46 heavy (non-hydrogen) atoms. The number of aromatic hydroxyl groups is 1. The van der Waals surface area contributed by atoms with Crippen LogP contribution >= 0.6 is 0 Å². The summed E-state index contributed by atoms with van der Waals surface area (Å²) in [5.74, 6) is -0.423. The predicted molar refractivity (Wildman–Crippen MR) is 179 cm³/mol. The van der Waals surface area contributed by atoms with E-state index < -0.39 is 0 Å².